The van der Waals surface area contributed by atoms with Crippen molar-refractivity contribution in [2.45, 2.75) is 32.4 Å². The minimum Gasteiger partial charge on any atom is -0.491 e. The monoisotopic (exact) mass is 433 g/mol. The number of ether oxygens (including phenoxy) is 2. The third-order valence-electron chi connectivity index (χ3n) is 5.19. The molecule has 7 nitrogen and oxygen atoms in total. The number of hydrogen-bond acceptors (Lipinski definition) is 5. The first-order valence-electron chi connectivity index (χ1n) is 10.8. The number of fused-ring (bicyclic) bond motifs is 1. The van der Waals surface area contributed by atoms with Crippen molar-refractivity contribution >= 4 is 16.7 Å². The maximum absolute atomic E-state index is 11.7. The van der Waals surface area contributed by atoms with Gasteiger partial charge in [-0.1, -0.05) is 24.3 Å². The molecule has 2 aromatic heterocycles. The summed E-state index contributed by atoms with van der Waals surface area (Å²) < 4.78 is 14.8. The van der Waals surface area contributed by atoms with Crippen LogP contribution in [0, 0.1) is 0 Å². The number of nitrogens with zero attached hydrogens (tertiary/aromatic N) is 3. The lowest BCUT2D eigenvalue weighted by Gasteiger charge is -2.15. The second kappa shape index (κ2) is 10.2. The molecule has 32 heavy (non-hydrogen) atoms. The molecule has 0 amide bonds. The van der Waals surface area contributed by atoms with E-state index in [1.807, 2.05) is 41.2 Å². The Morgan fingerprint density at radius 3 is 2.62 bits per heavy atom. The number of aromatic nitrogens is 3. The molecule has 0 saturated heterocycles. The van der Waals surface area contributed by atoms with E-state index in [-0.39, 0.29) is 5.69 Å². The maximum Gasteiger partial charge on any atom is 0.358 e. The number of hydrogen-bond donors (Lipinski definition) is 1. The molecular formula is C25H27N3O4. The van der Waals surface area contributed by atoms with Gasteiger partial charge in [-0.2, -0.15) is 0 Å². The largest absolute Gasteiger partial charge is 0.491 e. The van der Waals surface area contributed by atoms with Crippen LogP contribution in [-0.4, -0.2) is 44.5 Å². The third kappa shape index (κ3) is 5.18. The average Bonchev–Trinajstić information content (AvgIpc) is 3.49. The number of carbonyl (C=O) groups excluding carboxylic acids is 1. The van der Waals surface area contributed by atoms with Crippen LogP contribution >= 0.6 is 0 Å². The summed E-state index contributed by atoms with van der Waals surface area (Å²) in [6, 6.07) is 16.4. The van der Waals surface area contributed by atoms with Gasteiger partial charge in [0.25, 0.3) is 0 Å². The maximum atomic E-state index is 11.7. The van der Waals surface area contributed by atoms with Crippen LogP contribution in [0.3, 0.4) is 0 Å². The molecule has 4 rings (SSSR count). The molecule has 0 bridgehead atoms. The molecule has 166 valence electrons. The van der Waals surface area contributed by atoms with Gasteiger partial charge in [0.1, 0.15) is 5.75 Å². The lowest BCUT2D eigenvalue weighted by molar-refractivity contribution is 0.0519. The average molecular weight is 434 g/mol. The Morgan fingerprint density at radius 2 is 1.88 bits per heavy atom. The van der Waals surface area contributed by atoms with Crippen molar-refractivity contribution in [3.63, 3.8) is 0 Å². The van der Waals surface area contributed by atoms with Gasteiger partial charge in [0.05, 0.1) is 31.3 Å². The minimum atomic E-state index is -0.566. The highest BCUT2D eigenvalue weighted by atomic mass is 16.5. The van der Waals surface area contributed by atoms with Crippen LogP contribution in [0.15, 0.2) is 73.4 Å². The van der Waals surface area contributed by atoms with Crippen LogP contribution in [-0.2, 0) is 11.3 Å². The van der Waals surface area contributed by atoms with Gasteiger partial charge in [-0.15, -0.1) is 0 Å². The van der Waals surface area contributed by atoms with E-state index in [1.54, 1.807) is 17.7 Å². The second-order valence-corrected chi connectivity index (χ2v) is 7.58. The number of rotatable bonds is 10. The molecule has 0 spiro atoms. The Hall–Kier alpha value is -3.58. The summed E-state index contributed by atoms with van der Waals surface area (Å²) in [6.45, 7) is 2.90. The number of aliphatic hydroxyl groups excluding tert-OH is 1. The van der Waals surface area contributed by atoms with Gasteiger partial charge in [-0.3, -0.25) is 0 Å². The van der Waals surface area contributed by atoms with Gasteiger partial charge < -0.3 is 23.7 Å². The van der Waals surface area contributed by atoms with E-state index in [1.165, 1.54) is 6.33 Å². The molecular weight excluding hydrogens is 406 g/mol. The number of aliphatic hydroxyl groups is 1. The van der Waals surface area contributed by atoms with Crippen LogP contribution in [0.4, 0.5) is 0 Å². The van der Waals surface area contributed by atoms with Gasteiger partial charge in [0, 0.05) is 25.1 Å². The van der Waals surface area contributed by atoms with E-state index in [4.69, 9.17) is 9.47 Å². The molecule has 1 atom stereocenters. The summed E-state index contributed by atoms with van der Waals surface area (Å²) in [5.74, 6) is 0.353. The lowest BCUT2D eigenvalue weighted by atomic mass is 10.1. The van der Waals surface area contributed by atoms with Crippen LogP contribution in [0.2, 0.25) is 0 Å². The predicted molar refractivity (Wildman–Crippen MR) is 122 cm³/mol. The van der Waals surface area contributed by atoms with Crippen molar-refractivity contribution < 1.29 is 19.4 Å². The normalized spacial score (nSPS) is 12.1. The van der Waals surface area contributed by atoms with Crippen molar-refractivity contribution in [2.24, 2.45) is 0 Å². The zero-order valence-corrected chi connectivity index (χ0v) is 18.1. The van der Waals surface area contributed by atoms with Crippen LogP contribution in [0.5, 0.6) is 5.75 Å². The molecule has 1 unspecified atom stereocenters. The van der Waals surface area contributed by atoms with Gasteiger partial charge in [0.2, 0.25) is 0 Å². The van der Waals surface area contributed by atoms with Gasteiger partial charge in [-0.05, 0) is 54.8 Å². The fourth-order valence-electron chi connectivity index (χ4n) is 3.63. The molecule has 0 fully saturated rings. The van der Waals surface area contributed by atoms with Crippen molar-refractivity contribution in [1.82, 2.24) is 14.1 Å². The molecule has 4 aromatic rings. The van der Waals surface area contributed by atoms with Crippen molar-refractivity contribution in [3.8, 4) is 11.4 Å². The van der Waals surface area contributed by atoms with Gasteiger partial charge in [-0.25, -0.2) is 9.78 Å². The molecule has 0 aliphatic heterocycles. The smallest absolute Gasteiger partial charge is 0.358 e. The van der Waals surface area contributed by atoms with Gasteiger partial charge in [0.15, 0.2) is 5.69 Å². The zero-order chi connectivity index (χ0) is 22.3. The lowest BCUT2D eigenvalue weighted by Crippen LogP contribution is -2.16. The standard InChI is InChI=1S/C25H27N3O4/c1-2-31-25(30)22-17-27(18-26-22)16-21(29)10-7-13-32-24-15-20-9-4-3-8-19(20)14-23(24)28-11-5-6-12-28/h3-6,8-9,11-12,14-15,17-18,21,29H,2,7,10,13,16H2,1H3. The SMILES string of the molecule is CCOC(=O)c1cn(CC(O)CCCOc2cc3ccccc3cc2-n2cccc2)cn1. The first-order valence-corrected chi connectivity index (χ1v) is 10.8. The van der Waals surface area contributed by atoms with Crippen molar-refractivity contribution in [1.29, 1.82) is 0 Å². The summed E-state index contributed by atoms with van der Waals surface area (Å²) in [7, 11) is 0. The Labute approximate surface area is 186 Å². The highest BCUT2D eigenvalue weighted by Gasteiger charge is 2.13. The molecule has 0 aliphatic carbocycles. The fourth-order valence-corrected chi connectivity index (χ4v) is 3.63. The number of carbonyl (C=O) groups is 1. The summed E-state index contributed by atoms with van der Waals surface area (Å²) >= 11 is 0. The molecule has 0 radical (unpaired) electrons. The number of imidazole rings is 1. The van der Waals surface area contributed by atoms with Crippen LogP contribution in [0.25, 0.3) is 16.5 Å². The zero-order valence-electron chi connectivity index (χ0n) is 18.1. The quantitative estimate of drug-likeness (QED) is 0.299. The molecule has 2 aromatic carbocycles. The Bertz CT molecular complexity index is 1170. The highest BCUT2D eigenvalue weighted by Crippen LogP contribution is 2.29. The molecule has 0 saturated carbocycles. The Morgan fingerprint density at radius 1 is 1.12 bits per heavy atom. The van der Waals surface area contributed by atoms with E-state index in [0.717, 1.165) is 22.2 Å². The fraction of sp³-hybridized carbons (Fsp3) is 0.280. The molecule has 1 N–H and O–H groups in total. The van der Waals surface area contributed by atoms with E-state index in [2.05, 4.69) is 29.2 Å². The molecule has 0 aliphatic rings. The van der Waals surface area contributed by atoms with Gasteiger partial charge >= 0.3 is 5.97 Å². The topological polar surface area (TPSA) is 78.5 Å². The number of benzene rings is 2. The summed E-state index contributed by atoms with van der Waals surface area (Å²) in [5, 5.41) is 12.6. The van der Waals surface area contributed by atoms with Crippen molar-refractivity contribution in [2.75, 3.05) is 13.2 Å². The Kier molecular flexibility index (Phi) is 6.87. The summed E-state index contributed by atoms with van der Waals surface area (Å²) in [6.07, 6.45) is 7.81. The Balaban J connectivity index is 1.33. The molecule has 7 heteroatoms. The van der Waals surface area contributed by atoms with E-state index in [0.29, 0.717) is 32.6 Å². The number of esters is 1. The summed E-state index contributed by atoms with van der Waals surface area (Å²) in [5.41, 5.74) is 1.23. The highest BCUT2D eigenvalue weighted by molar-refractivity contribution is 5.87. The van der Waals surface area contributed by atoms with E-state index < -0.39 is 12.1 Å². The first kappa shape index (κ1) is 21.6. The van der Waals surface area contributed by atoms with E-state index >= 15 is 0 Å². The first-order chi connectivity index (χ1) is 15.6. The minimum absolute atomic E-state index is 0.247. The second-order valence-electron chi connectivity index (χ2n) is 7.58. The third-order valence-corrected chi connectivity index (χ3v) is 5.19. The van der Waals surface area contributed by atoms with Crippen LogP contribution in [0.1, 0.15) is 30.3 Å². The summed E-state index contributed by atoms with van der Waals surface area (Å²) in [4.78, 5) is 15.7. The van der Waals surface area contributed by atoms with Crippen LogP contribution < -0.4 is 4.74 Å². The van der Waals surface area contributed by atoms with E-state index in [9.17, 15) is 9.90 Å². The predicted octanol–water partition coefficient (Wildman–Crippen LogP) is 4.22. The van der Waals surface area contributed by atoms with Crippen molar-refractivity contribution in [3.05, 3.63) is 79.1 Å². The molecule has 2 heterocycles.